The first kappa shape index (κ1) is 18.8. The van der Waals surface area contributed by atoms with Crippen LogP contribution in [0.15, 0.2) is 53.4 Å². The number of rotatable bonds is 5. The second-order valence-electron chi connectivity index (χ2n) is 6.42. The fraction of sp³-hybridized carbons (Fsp3) is 0.211. The number of nitro groups is 1. The Labute approximate surface area is 157 Å². The van der Waals surface area contributed by atoms with Crippen molar-refractivity contribution in [3.8, 4) is 11.3 Å². The lowest BCUT2D eigenvalue weighted by Gasteiger charge is -2.07. The molecular weight excluding hydrogens is 366 g/mol. The van der Waals surface area contributed by atoms with Crippen LogP contribution in [0.25, 0.3) is 11.3 Å². The molecule has 140 valence electrons. The predicted octanol–water partition coefficient (Wildman–Crippen LogP) is 3.59. The first-order valence-corrected chi connectivity index (χ1v) is 9.91. The zero-order chi connectivity index (χ0) is 19.8. The summed E-state index contributed by atoms with van der Waals surface area (Å²) in [6, 6.07) is 13.4. The molecule has 1 heterocycles. The van der Waals surface area contributed by atoms with Crippen molar-refractivity contribution in [2.75, 3.05) is 0 Å². The van der Waals surface area contributed by atoms with Crippen LogP contribution in [0.4, 0.5) is 5.82 Å². The molecule has 3 rings (SSSR count). The average Bonchev–Trinajstić information content (AvgIpc) is 2.91. The van der Waals surface area contributed by atoms with Crippen LogP contribution >= 0.6 is 0 Å². The van der Waals surface area contributed by atoms with Gasteiger partial charge in [-0.3, -0.25) is 0 Å². The highest BCUT2D eigenvalue weighted by atomic mass is 32.2. The van der Waals surface area contributed by atoms with Gasteiger partial charge in [0.2, 0.25) is 5.82 Å². The Balaban J connectivity index is 1.91. The maximum Gasteiger partial charge on any atom is 0.390 e. The Bertz CT molecular complexity index is 1100. The summed E-state index contributed by atoms with van der Waals surface area (Å²) in [5.74, 6) is 0.181. The van der Waals surface area contributed by atoms with Crippen LogP contribution in [0.5, 0.6) is 0 Å². The zero-order valence-corrected chi connectivity index (χ0v) is 16.0. The van der Waals surface area contributed by atoms with Crippen molar-refractivity contribution in [2.24, 2.45) is 7.05 Å². The molecule has 0 spiro atoms. The van der Waals surface area contributed by atoms with E-state index < -0.39 is 14.8 Å². The molecule has 7 nitrogen and oxygen atoms in total. The van der Waals surface area contributed by atoms with Gasteiger partial charge in [0.05, 0.1) is 10.6 Å². The standard InChI is InChI=1S/C19H19N3O4S/c1-13-4-10-17(11-5-13)27(25,26)12-15-6-8-16(9-7-15)18-19(22(23)24)20-14(2)21(18)3/h4-11H,12H2,1-3H3. The molecule has 0 aliphatic heterocycles. The number of aryl methyl sites for hydroxylation is 2. The second kappa shape index (κ2) is 6.96. The highest BCUT2D eigenvalue weighted by Crippen LogP contribution is 2.30. The fourth-order valence-electron chi connectivity index (χ4n) is 2.85. The van der Waals surface area contributed by atoms with Crippen LogP contribution in [-0.4, -0.2) is 22.9 Å². The Morgan fingerprint density at radius 1 is 1.04 bits per heavy atom. The van der Waals surface area contributed by atoms with Crippen molar-refractivity contribution in [2.45, 2.75) is 24.5 Å². The minimum absolute atomic E-state index is 0.136. The minimum atomic E-state index is -3.46. The molecule has 0 N–H and O–H groups in total. The van der Waals surface area contributed by atoms with Crippen LogP contribution in [0.1, 0.15) is 17.0 Å². The Hall–Kier alpha value is -3.00. The van der Waals surface area contributed by atoms with Gasteiger partial charge in [-0.2, -0.15) is 0 Å². The summed E-state index contributed by atoms with van der Waals surface area (Å²) in [5, 5.41) is 11.2. The van der Waals surface area contributed by atoms with Gasteiger partial charge in [0, 0.05) is 19.5 Å². The van der Waals surface area contributed by atoms with E-state index in [0.29, 0.717) is 22.6 Å². The monoisotopic (exact) mass is 385 g/mol. The molecule has 0 saturated heterocycles. The fourth-order valence-corrected chi connectivity index (χ4v) is 4.20. The third-order valence-electron chi connectivity index (χ3n) is 4.44. The molecule has 0 radical (unpaired) electrons. The molecule has 0 aliphatic carbocycles. The van der Waals surface area contributed by atoms with Crippen molar-refractivity contribution in [1.29, 1.82) is 0 Å². The maximum absolute atomic E-state index is 12.6. The number of aromatic nitrogens is 2. The number of nitrogens with zero attached hydrogens (tertiary/aromatic N) is 3. The van der Waals surface area contributed by atoms with Crippen molar-refractivity contribution in [1.82, 2.24) is 9.55 Å². The minimum Gasteiger partial charge on any atom is -0.358 e. The highest BCUT2D eigenvalue weighted by molar-refractivity contribution is 7.90. The number of imidazole rings is 1. The number of benzene rings is 2. The molecule has 0 aliphatic rings. The summed E-state index contributed by atoms with van der Waals surface area (Å²) in [7, 11) is -1.75. The van der Waals surface area contributed by atoms with Crippen molar-refractivity contribution in [3.63, 3.8) is 0 Å². The first-order valence-electron chi connectivity index (χ1n) is 8.25. The van der Waals surface area contributed by atoms with E-state index in [1.807, 2.05) is 6.92 Å². The Morgan fingerprint density at radius 3 is 2.19 bits per heavy atom. The van der Waals surface area contributed by atoms with Crippen LogP contribution in [0, 0.1) is 24.0 Å². The van der Waals surface area contributed by atoms with Gasteiger partial charge >= 0.3 is 5.82 Å². The van der Waals surface area contributed by atoms with Gasteiger partial charge in [-0.25, -0.2) is 8.42 Å². The second-order valence-corrected chi connectivity index (χ2v) is 8.41. The molecule has 8 heteroatoms. The van der Waals surface area contributed by atoms with Gasteiger partial charge in [-0.05, 0) is 34.5 Å². The van der Waals surface area contributed by atoms with E-state index in [9.17, 15) is 18.5 Å². The van der Waals surface area contributed by atoms with Crippen LogP contribution in [0.3, 0.4) is 0 Å². The largest absolute Gasteiger partial charge is 0.390 e. The lowest BCUT2D eigenvalue weighted by atomic mass is 10.1. The topological polar surface area (TPSA) is 95.1 Å². The normalized spacial score (nSPS) is 11.5. The molecule has 2 aromatic carbocycles. The van der Waals surface area contributed by atoms with Gasteiger partial charge in [0.25, 0.3) is 0 Å². The number of hydrogen-bond acceptors (Lipinski definition) is 5. The van der Waals surface area contributed by atoms with E-state index in [2.05, 4.69) is 4.98 Å². The van der Waals surface area contributed by atoms with E-state index >= 15 is 0 Å². The molecule has 0 saturated carbocycles. The summed E-state index contributed by atoms with van der Waals surface area (Å²) in [4.78, 5) is 15.0. The Morgan fingerprint density at radius 2 is 1.63 bits per heavy atom. The number of sulfone groups is 1. The molecule has 1 aromatic heterocycles. The SMILES string of the molecule is Cc1ccc(S(=O)(=O)Cc2ccc(-c3c([N+](=O)[O-])nc(C)n3C)cc2)cc1. The van der Waals surface area contributed by atoms with E-state index in [1.54, 1.807) is 67.1 Å². The zero-order valence-electron chi connectivity index (χ0n) is 15.2. The summed E-state index contributed by atoms with van der Waals surface area (Å²) < 4.78 is 26.8. The quantitative estimate of drug-likeness (QED) is 0.494. The number of hydrogen-bond donors (Lipinski definition) is 0. The summed E-state index contributed by atoms with van der Waals surface area (Å²) in [6.45, 7) is 3.59. The van der Waals surface area contributed by atoms with E-state index in [1.165, 1.54) is 0 Å². The maximum atomic E-state index is 12.6. The molecule has 0 bridgehead atoms. The predicted molar refractivity (Wildman–Crippen MR) is 102 cm³/mol. The lowest BCUT2D eigenvalue weighted by molar-refractivity contribution is -0.388. The summed E-state index contributed by atoms with van der Waals surface area (Å²) >= 11 is 0. The van der Waals surface area contributed by atoms with E-state index in [4.69, 9.17) is 0 Å². The smallest absolute Gasteiger partial charge is 0.358 e. The molecular formula is C19H19N3O4S. The van der Waals surface area contributed by atoms with Crippen LogP contribution < -0.4 is 0 Å². The van der Waals surface area contributed by atoms with Crippen molar-refractivity contribution < 1.29 is 13.3 Å². The first-order chi connectivity index (χ1) is 12.7. The lowest BCUT2D eigenvalue weighted by Crippen LogP contribution is -2.05. The molecule has 0 amide bonds. The molecule has 0 atom stereocenters. The van der Waals surface area contributed by atoms with Crippen LogP contribution in [-0.2, 0) is 22.6 Å². The van der Waals surface area contributed by atoms with Gasteiger partial charge < -0.3 is 14.7 Å². The third kappa shape index (κ3) is 3.75. The van der Waals surface area contributed by atoms with Gasteiger partial charge in [-0.1, -0.05) is 42.0 Å². The molecule has 3 aromatic rings. The van der Waals surface area contributed by atoms with Crippen molar-refractivity contribution in [3.05, 3.63) is 75.6 Å². The molecule has 0 fully saturated rings. The van der Waals surface area contributed by atoms with E-state index in [0.717, 1.165) is 5.56 Å². The van der Waals surface area contributed by atoms with Crippen LogP contribution in [0.2, 0.25) is 0 Å². The molecule has 27 heavy (non-hydrogen) atoms. The summed E-state index contributed by atoms with van der Waals surface area (Å²) in [6.07, 6.45) is 0. The van der Waals surface area contributed by atoms with Gasteiger partial charge in [0.15, 0.2) is 9.84 Å². The summed E-state index contributed by atoms with van der Waals surface area (Å²) in [5.41, 5.74) is 2.61. The Kier molecular flexibility index (Phi) is 4.84. The van der Waals surface area contributed by atoms with E-state index in [-0.39, 0.29) is 16.5 Å². The van der Waals surface area contributed by atoms with Gasteiger partial charge in [-0.15, -0.1) is 0 Å². The van der Waals surface area contributed by atoms with Crippen molar-refractivity contribution >= 4 is 15.7 Å². The molecule has 0 unspecified atom stereocenters. The average molecular weight is 385 g/mol. The highest BCUT2D eigenvalue weighted by Gasteiger charge is 2.25. The van der Waals surface area contributed by atoms with Gasteiger partial charge in [0.1, 0.15) is 5.69 Å². The third-order valence-corrected chi connectivity index (χ3v) is 6.14.